The van der Waals surface area contributed by atoms with E-state index in [9.17, 15) is 0 Å². The van der Waals surface area contributed by atoms with Crippen molar-refractivity contribution in [3.8, 4) is 0 Å². The summed E-state index contributed by atoms with van der Waals surface area (Å²) in [6.07, 6.45) is 9.23. The molecule has 0 nitrogen and oxygen atoms in total. The van der Waals surface area contributed by atoms with Crippen molar-refractivity contribution in [3.63, 3.8) is 0 Å². The van der Waals surface area contributed by atoms with E-state index in [-0.39, 0.29) is 0 Å². The molecule has 4 aliphatic rings. The van der Waals surface area contributed by atoms with Crippen molar-refractivity contribution in [1.29, 1.82) is 0 Å². The summed E-state index contributed by atoms with van der Waals surface area (Å²) in [5, 5.41) is 0. The first-order valence-electron chi connectivity index (χ1n) is 9.39. The molecule has 0 aromatic rings. The lowest BCUT2D eigenvalue weighted by Crippen LogP contribution is -2.62. The van der Waals surface area contributed by atoms with Crippen LogP contribution in [0.15, 0.2) is 0 Å². The average molecular weight is 274 g/mol. The van der Waals surface area contributed by atoms with Crippen molar-refractivity contribution in [1.82, 2.24) is 0 Å². The topological polar surface area (TPSA) is 0 Å². The number of rotatable bonds is 1. The molecule has 114 valence electrons. The first-order chi connectivity index (χ1) is 9.39. The van der Waals surface area contributed by atoms with Crippen LogP contribution in [-0.2, 0) is 0 Å². The Hall–Kier alpha value is 0. The third-order valence-corrected chi connectivity index (χ3v) is 9.00. The first kappa shape index (κ1) is 13.6. The smallest absolute Gasteiger partial charge is 0.0260 e. The van der Waals surface area contributed by atoms with E-state index in [2.05, 4.69) is 34.6 Å². The molecule has 0 heterocycles. The van der Waals surface area contributed by atoms with Gasteiger partial charge in [0.05, 0.1) is 0 Å². The molecule has 4 aliphatic carbocycles. The van der Waals surface area contributed by atoms with Gasteiger partial charge < -0.3 is 0 Å². The van der Waals surface area contributed by atoms with E-state index >= 15 is 0 Å². The molecule has 0 saturated heterocycles. The lowest BCUT2D eigenvalue weighted by atomic mass is 9.37. The summed E-state index contributed by atoms with van der Waals surface area (Å²) < 4.78 is 0. The van der Waals surface area contributed by atoms with Crippen LogP contribution in [0.1, 0.15) is 73.1 Å². The minimum atomic E-state index is 0.686. The first-order valence-corrected chi connectivity index (χ1v) is 9.39. The van der Waals surface area contributed by atoms with Gasteiger partial charge in [-0.1, -0.05) is 41.0 Å². The minimum Gasteiger partial charge on any atom is -0.0625 e. The maximum absolute atomic E-state index is 2.68. The Morgan fingerprint density at radius 1 is 0.850 bits per heavy atom. The van der Waals surface area contributed by atoms with Crippen molar-refractivity contribution in [2.45, 2.75) is 73.1 Å². The highest BCUT2D eigenvalue weighted by Crippen LogP contribution is 2.76. The van der Waals surface area contributed by atoms with E-state index in [1.165, 1.54) is 19.3 Å². The molecule has 0 heteroatoms. The zero-order valence-corrected chi connectivity index (χ0v) is 14.3. The Balaban J connectivity index is 1.68. The fraction of sp³-hybridized carbons (Fsp3) is 1.00. The summed E-state index contributed by atoms with van der Waals surface area (Å²) in [5.41, 5.74) is 1.43. The predicted molar refractivity (Wildman–Crippen MR) is 85.4 cm³/mol. The Labute approximate surface area is 126 Å². The van der Waals surface area contributed by atoms with E-state index in [1.54, 1.807) is 19.3 Å². The van der Waals surface area contributed by atoms with E-state index in [4.69, 9.17) is 0 Å². The molecule has 0 aliphatic heterocycles. The molecule has 8 unspecified atom stereocenters. The van der Waals surface area contributed by atoms with Gasteiger partial charge in [0.25, 0.3) is 0 Å². The molecule has 4 rings (SSSR count). The minimum absolute atomic E-state index is 0.686. The van der Waals surface area contributed by atoms with Gasteiger partial charge in [0, 0.05) is 0 Å². The largest absolute Gasteiger partial charge is 0.0625 e. The SMILES string of the molecule is CC(C)C1CCC2C3C4C(C)CCC4C3(C)CCC12C. The molecule has 8 atom stereocenters. The molecular weight excluding hydrogens is 240 g/mol. The van der Waals surface area contributed by atoms with E-state index in [0.29, 0.717) is 5.41 Å². The maximum Gasteiger partial charge on any atom is -0.0260 e. The molecule has 20 heavy (non-hydrogen) atoms. The summed E-state index contributed by atoms with van der Waals surface area (Å²) in [5.74, 6) is 7.29. The van der Waals surface area contributed by atoms with Crippen LogP contribution in [-0.4, -0.2) is 0 Å². The molecule has 0 aromatic heterocycles. The van der Waals surface area contributed by atoms with Gasteiger partial charge in [0.1, 0.15) is 0 Å². The quantitative estimate of drug-likeness (QED) is 0.569. The van der Waals surface area contributed by atoms with Crippen LogP contribution < -0.4 is 0 Å². The van der Waals surface area contributed by atoms with E-state index in [1.807, 2.05) is 0 Å². The van der Waals surface area contributed by atoms with Gasteiger partial charge >= 0.3 is 0 Å². The van der Waals surface area contributed by atoms with Gasteiger partial charge in [0.15, 0.2) is 0 Å². The van der Waals surface area contributed by atoms with Crippen molar-refractivity contribution in [3.05, 3.63) is 0 Å². The molecule has 4 saturated carbocycles. The van der Waals surface area contributed by atoms with Crippen molar-refractivity contribution in [2.24, 2.45) is 52.3 Å². The third kappa shape index (κ3) is 1.40. The van der Waals surface area contributed by atoms with Crippen LogP contribution in [0.4, 0.5) is 0 Å². The van der Waals surface area contributed by atoms with Gasteiger partial charge in [-0.15, -0.1) is 0 Å². The highest BCUT2D eigenvalue weighted by molar-refractivity contribution is 5.18. The van der Waals surface area contributed by atoms with Crippen LogP contribution in [0.5, 0.6) is 0 Å². The van der Waals surface area contributed by atoms with Crippen molar-refractivity contribution in [2.75, 3.05) is 0 Å². The Bertz CT molecular complexity index is 410. The molecule has 0 spiro atoms. The molecule has 0 N–H and O–H groups in total. The monoisotopic (exact) mass is 274 g/mol. The molecule has 4 fully saturated rings. The van der Waals surface area contributed by atoms with Crippen molar-refractivity contribution < 1.29 is 0 Å². The zero-order chi connectivity index (χ0) is 14.3. The maximum atomic E-state index is 2.68. The summed E-state index contributed by atoms with van der Waals surface area (Å²) in [6.45, 7) is 12.9. The zero-order valence-electron chi connectivity index (χ0n) is 14.3. The molecular formula is C20H34. The van der Waals surface area contributed by atoms with Gasteiger partial charge in [-0.2, -0.15) is 0 Å². The Kier molecular flexibility index (Phi) is 2.76. The summed E-state index contributed by atoms with van der Waals surface area (Å²) in [4.78, 5) is 0. The van der Waals surface area contributed by atoms with Gasteiger partial charge in [-0.05, 0) is 84.4 Å². The summed E-state index contributed by atoms with van der Waals surface area (Å²) >= 11 is 0. The summed E-state index contributed by atoms with van der Waals surface area (Å²) in [6, 6.07) is 0. The standard InChI is InChI=1S/C20H34/c1-12(2)14-8-9-16-18-17-13(3)6-7-15(17)20(18,5)11-10-19(14,16)4/h12-18H,6-11H2,1-5H3. The van der Waals surface area contributed by atoms with Crippen LogP contribution in [0.2, 0.25) is 0 Å². The second kappa shape index (κ2) is 4.05. The van der Waals surface area contributed by atoms with E-state index in [0.717, 1.165) is 46.8 Å². The number of fused-ring (bicyclic) bond motifs is 6. The fourth-order valence-electron chi connectivity index (χ4n) is 8.13. The molecule has 0 amide bonds. The highest BCUT2D eigenvalue weighted by Gasteiger charge is 2.70. The summed E-state index contributed by atoms with van der Waals surface area (Å²) in [7, 11) is 0. The van der Waals surface area contributed by atoms with E-state index < -0.39 is 0 Å². The van der Waals surface area contributed by atoms with Crippen molar-refractivity contribution >= 4 is 0 Å². The Morgan fingerprint density at radius 2 is 1.50 bits per heavy atom. The van der Waals surface area contributed by atoms with Gasteiger partial charge in [-0.3, -0.25) is 0 Å². The van der Waals surface area contributed by atoms with Crippen LogP contribution in [0.25, 0.3) is 0 Å². The van der Waals surface area contributed by atoms with Gasteiger partial charge in [0.2, 0.25) is 0 Å². The average Bonchev–Trinajstić information content (AvgIpc) is 2.88. The molecule has 0 aromatic carbocycles. The molecule has 0 bridgehead atoms. The van der Waals surface area contributed by atoms with Gasteiger partial charge in [-0.25, -0.2) is 0 Å². The highest BCUT2D eigenvalue weighted by atomic mass is 14.7. The lowest BCUT2D eigenvalue weighted by Gasteiger charge is -2.68. The molecule has 0 radical (unpaired) electrons. The fourth-order valence-corrected chi connectivity index (χ4v) is 8.13. The number of hydrogen-bond acceptors (Lipinski definition) is 0. The third-order valence-electron chi connectivity index (χ3n) is 9.00. The Morgan fingerprint density at radius 3 is 2.20 bits per heavy atom. The lowest BCUT2D eigenvalue weighted by molar-refractivity contribution is -0.199. The van der Waals surface area contributed by atoms with Crippen LogP contribution >= 0.6 is 0 Å². The second-order valence-corrected chi connectivity index (χ2v) is 9.81. The number of hydrogen-bond donors (Lipinski definition) is 0. The van der Waals surface area contributed by atoms with Crippen LogP contribution in [0, 0.1) is 52.3 Å². The normalized spacial score (nSPS) is 60.9. The second-order valence-electron chi connectivity index (χ2n) is 9.81. The van der Waals surface area contributed by atoms with Crippen LogP contribution in [0.3, 0.4) is 0 Å². The predicted octanol–water partition coefficient (Wildman–Crippen LogP) is 5.77.